The van der Waals surface area contributed by atoms with Crippen molar-refractivity contribution in [2.24, 2.45) is 0 Å². The Morgan fingerprint density at radius 2 is 1.66 bits per heavy atom. The highest BCUT2D eigenvalue weighted by atomic mass is 79.9. The maximum atomic E-state index is 13.6. The minimum Gasteiger partial charge on any atom is -0.329 e. The number of carbonyl (C=O) groups is 2. The van der Waals surface area contributed by atoms with Gasteiger partial charge in [-0.2, -0.15) is 0 Å². The molecule has 1 amide bonds. The first kappa shape index (κ1) is 24.4. The van der Waals surface area contributed by atoms with E-state index >= 15 is 0 Å². The molecule has 178 valence electrons. The molecular weight excluding hydrogens is 506 g/mol. The van der Waals surface area contributed by atoms with Gasteiger partial charge in [-0.05, 0) is 51.1 Å². The molecule has 0 spiro atoms. The molecule has 0 aliphatic heterocycles. The van der Waals surface area contributed by atoms with Crippen molar-refractivity contribution in [2.45, 2.75) is 26.8 Å². The van der Waals surface area contributed by atoms with Gasteiger partial charge >= 0.3 is 0 Å². The first-order valence-corrected chi connectivity index (χ1v) is 12.1. The number of Topliss-reactive ketones (excluding diaryl/α,β-unsaturated/α-hetero) is 1. The molecule has 3 aromatic carbocycles. The minimum absolute atomic E-state index is 0.0319. The van der Waals surface area contributed by atoms with Crippen LogP contribution >= 0.6 is 15.9 Å². The largest absolute Gasteiger partial charge is 0.329 e. The third-order valence-electron chi connectivity index (χ3n) is 5.79. The predicted molar refractivity (Wildman–Crippen MR) is 141 cm³/mol. The van der Waals surface area contributed by atoms with Gasteiger partial charge in [0, 0.05) is 21.6 Å². The average molecular weight is 532 g/mol. The molecule has 1 heterocycles. The molecule has 0 aliphatic carbocycles. The summed E-state index contributed by atoms with van der Waals surface area (Å²) in [7, 11) is 0. The number of ketones is 1. The number of H-pyrrole nitrogens is 1. The van der Waals surface area contributed by atoms with E-state index in [-0.39, 0.29) is 24.1 Å². The van der Waals surface area contributed by atoms with Gasteiger partial charge in [-0.3, -0.25) is 19.5 Å². The first-order valence-electron chi connectivity index (χ1n) is 11.3. The minimum atomic E-state index is -0.448. The van der Waals surface area contributed by atoms with Crippen LogP contribution in [0.25, 0.3) is 16.9 Å². The monoisotopic (exact) mass is 531 g/mol. The molecule has 0 fully saturated rings. The van der Waals surface area contributed by atoms with Crippen molar-refractivity contribution in [1.29, 1.82) is 0 Å². The SMILES string of the molecule is Cc1ccc(-n2[nH]c(-c3ccccc3)c(C(=O)CN(C(=O)c3cccc(Br)c3)C(C)C)c2=O)cc1. The van der Waals surface area contributed by atoms with E-state index in [0.29, 0.717) is 22.5 Å². The lowest BCUT2D eigenvalue weighted by molar-refractivity contribution is 0.0661. The Labute approximate surface area is 212 Å². The van der Waals surface area contributed by atoms with Crippen LogP contribution < -0.4 is 5.56 Å². The van der Waals surface area contributed by atoms with Crippen LogP contribution in [0.15, 0.2) is 88.1 Å². The molecular formula is C28H26BrN3O3. The number of hydrogen-bond acceptors (Lipinski definition) is 3. The molecule has 35 heavy (non-hydrogen) atoms. The third kappa shape index (κ3) is 5.20. The third-order valence-corrected chi connectivity index (χ3v) is 6.29. The van der Waals surface area contributed by atoms with Crippen molar-refractivity contribution in [3.63, 3.8) is 0 Å². The number of aromatic nitrogens is 2. The fourth-order valence-electron chi connectivity index (χ4n) is 3.90. The molecule has 0 unspecified atom stereocenters. The molecule has 6 nitrogen and oxygen atoms in total. The highest BCUT2D eigenvalue weighted by Crippen LogP contribution is 2.22. The standard InChI is InChI=1S/C28H26BrN3O3/c1-18(2)31(27(34)21-10-7-11-22(29)16-21)17-24(33)25-26(20-8-5-4-6-9-20)30-32(28(25)35)23-14-12-19(3)13-15-23/h4-16,18,30H,17H2,1-3H3. The molecule has 0 aliphatic rings. The summed E-state index contributed by atoms with van der Waals surface area (Å²) in [6.07, 6.45) is 0. The summed E-state index contributed by atoms with van der Waals surface area (Å²) in [6.45, 7) is 5.45. The number of carbonyl (C=O) groups excluding carboxylic acids is 2. The van der Waals surface area contributed by atoms with Gasteiger partial charge in [-0.1, -0.05) is 70.0 Å². The van der Waals surface area contributed by atoms with Crippen LogP contribution in [0.1, 0.15) is 40.1 Å². The second-order valence-corrected chi connectivity index (χ2v) is 9.58. The van der Waals surface area contributed by atoms with Gasteiger partial charge in [0.2, 0.25) is 0 Å². The molecule has 0 bridgehead atoms. The Morgan fingerprint density at radius 3 is 2.29 bits per heavy atom. The zero-order valence-electron chi connectivity index (χ0n) is 19.8. The van der Waals surface area contributed by atoms with E-state index in [0.717, 1.165) is 10.0 Å². The van der Waals surface area contributed by atoms with Crippen molar-refractivity contribution < 1.29 is 9.59 Å². The summed E-state index contributed by atoms with van der Waals surface area (Å²) in [5.74, 6) is -0.696. The lowest BCUT2D eigenvalue weighted by atomic mass is 10.0. The van der Waals surface area contributed by atoms with Gasteiger partial charge in [0.1, 0.15) is 5.56 Å². The van der Waals surface area contributed by atoms with E-state index in [2.05, 4.69) is 21.0 Å². The van der Waals surface area contributed by atoms with E-state index in [1.54, 1.807) is 18.2 Å². The van der Waals surface area contributed by atoms with Crippen LogP contribution in [-0.2, 0) is 0 Å². The molecule has 1 N–H and O–H groups in total. The van der Waals surface area contributed by atoms with E-state index in [1.807, 2.05) is 81.4 Å². The number of hydrogen-bond donors (Lipinski definition) is 1. The maximum Gasteiger partial charge on any atom is 0.282 e. The van der Waals surface area contributed by atoms with Crippen LogP contribution in [-0.4, -0.2) is 39.0 Å². The summed E-state index contributed by atoms with van der Waals surface area (Å²) < 4.78 is 2.15. The summed E-state index contributed by atoms with van der Waals surface area (Å²) in [6, 6.07) is 23.5. The molecule has 0 radical (unpaired) electrons. The first-order chi connectivity index (χ1) is 16.8. The van der Waals surface area contributed by atoms with Crippen molar-refractivity contribution in [3.05, 3.63) is 110 Å². The van der Waals surface area contributed by atoms with Gasteiger partial charge in [0.05, 0.1) is 17.9 Å². The number of nitrogens with one attached hydrogen (secondary N) is 1. The predicted octanol–water partition coefficient (Wildman–Crippen LogP) is 5.64. The van der Waals surface area contributed by atoms with Gasteiger partial charge in [-0.25, -0.2) is 4.68 Å². The number of amides is 1. The summed E-state index contributed by atoms with van der Waals surface area (Å²) in [4.78, 5) is 41.9. The molecule has 1 aromatic heterocycles. The van der Waals surface area contributed by atoms with E-state index in [9.17, 15) is 14.4 Å². The molecule has 0 saturated carbocycles. The van der Waals surface area contributed by atoms with Gasteiger partial charge < -0.3 is 4.90 Å². The van der Waals surface area contributed by atoms with E-state index in [1.165, 1.54) is 9.58 Å². The van der Waals surface area contributed by atoms with Gasteiger partial charge in [0.15, 0.2) is 5.78 Å². The number of halogens is 1. The molecule has 4 rings (SSSR count). The number of aryl methyl sites for hydroxylation is 1. The number of aromatic amines is 1. The highest BCUT2D eigenvalue weighted by molar-refractivity contribution is 9.10. The van der Waals surface area contributed by atoms with Crippen LogP contribution in [0, 0.1) is 6.92 Å². The van der Waals surface area contributed by atoms with Crippen molar-refractivity contribution in [2.75, 3.05) is 6.54 Å². The summed E-state index contributed by atoms with van der Waals surface area (Å²) >= 11 is 3.39. The Kier molecular flexibility index (Phi) is 7.17. The summed E-state index contributed by atoms with van der Waals surface area (Å²) in [5, 5.41) is 3.13. The smallest absolute Gasteiger partial charge is 0.282 e. The lowest BCUT2D eigenvalue weighted by Gasteiger charge is -2.26. The Balaban J connectivity index is 1.77. The number of rotatable bonds is 7. The van der Waals surface area contributed by atoms with E-state index in [4.69, 9.17) is 0 Å². The highest BCUT2D eigenvalue weighted by Gasteiger charge is 2.28. The fourth-order valence-corrected chi connectivity index (χ4v) is 4.29. The summed E-state index contributed by atoms with van der Waals surface area (Å²) in [5.41, 5.74) is 2.89. The van der Waals surface area contributed by atoms with Crippen LogP contribution in [0.2, 0.25) is 0 Å². The zero-order valence-corrected chi connectivity index (χ0v) is 21.4. The Morgan fingerprint density at radius 1 is 0.971 bits per heavy atom. The van der Waals surface area contributed by atoms with Crippen molar-refractivity contribution in [3.8, 4) is 16.9 Å². The molecule has 0 saturated heterocycles. The van der Waals surface area contributed by atoms with Crippen molar-refractivity contribution >= 4 is 27.6 Å². The normalized spacial score (nSPS) is 11.0. The van der Waals surface area contributed by atoms with Gasteiger partial charge in [-0.15, -0.1) is 0 Å². The van der Waals surface area contributed by atoms with Crippen LogP contribution in [0.4, 0.5) is 0 Å². The number of nitrogens with zero attached hydrogens (tertiary/aromatic N) is 2. The second-order valence-electron chi connectivity index (χ2n) is 8.66. The lowest BCUT2D eigenvalue weighted by Crippen LogP contribution is -2.41. The van der Waals surface area contributed by atoms with Crippen molar-refractivity contribution in [1.82, 2.24) is 14.7 Å². The Bertz CT molecular complexity index is 1420. The Hall–Kier alpha value is -3.71. The molecule has 0 atom stereocenters. The van der Waals surface area contributed by atoms with Crippen LogP contribution in [0.5, 0.6) is 0 Å². The topological polar surface area (TPSA) is 75.2 Å². The zero-order chi connectivity index (χ0) is 25.1. The fraction of sp³-hybridized carbons (Fsp3) is 0.179. The molecule has 7 heteroatoms. The molecule has 4 aromatic rings. The quantitative estimate of drug-likeness (QED) is 0.313. The second kappa shape index (κ2) is 10.3. The van der Waals surface area contributed by atoms with Crippen LogP contribution in [0.3, 0.4) is 0 Å². The van der Waals surface area contributed by atoms with Gasteiger partial charge in [0.25, 0.3) is 11.5 Å². The maximum absolute atomic E-state index is 13.6. The average Bonchev–Trinajstić information content (AvgIpc) is 3.20. The van der Waals surface area contributed by atoms with E-state index < -0.39 is 11.3 Å². The number of benzene rings is 3.